The van der Waals surface area contributed by atoms with Crippen molar-refractivity contribution in [3.8, 4) is 0 Å². The van der Waals surface area contributed by atoms with Crippen LogP contribution in [0.25, 0.3) is 0 Å². The first-order valence-electron chi connectivity index (χ1n) is 6.18. The molecule has 5 nitrogen and oxygen atoms in total. The van der Waals surface area contributed by atoms with Crippen molar-refractivity contribution in [1.82, 2.24) is 4.90 Å². The third-order valence-electron chi connectivity index (χ3n) is 3.83. The molecule has 3 N–H and O–H groups in total. The van der Waals surface area contributed by atoms with E-state index < -0.39 is 34.9 Å². The molecule has 0 saturated carbocycles. The van der Waals surface area contributed by atoms with Crippen LogP contribution in [0.1, 0.15) is 27.2 Å². The monoisotopic (exact) mass is 296 g/mol. The first-order valence-corrected chi connectivity index (χ1v) is 6.18. The Hall–Kier alpha value is -1.31. The van der Waals surface area contributed by atoms with Crippen molar-refractivity contribution in [2.45, 2.75) is 39.0 Å². The van der Waals surface area contributed by atoms with Crippen molar-refractivity contribution in [3.05, 3.63) is 0 Å². The Morgan fingerprint density at radius 1 is 1.35 bits per heavy atom. The number of carbonyl (C=O) groups excluding carboxylic acids is 2. The number of piperidine rings is 1. The fraction of sp³-hybridized carbons (Fsp3) is 0.833. The molecule has 1 aliphatic rings. The fourth-order valence-electron chi connectivity index (χ4n) is 2.49. The molecule has 0 aromatic heterocycles. The molecule has 1 unspecified atom stereocenters. The highest BCUT2D eigenvalue weighted by molar-refractivity contribution is 5.86. The topological polar surface area (TPSA) is 83.6 Å². The van der Waals surface area contributed by atoms with Crippen LogP contribution < -0.4 is 5.73 Å². The van der Waals surface area contributed by atoms with Gasteiger partial charge in [0.2, 0.25) is 11.5 Å². The van der Waals surface area contributed by atoms with Crippen molar-refractivity contribution in [3.63, 3.8) is 0 Å². The van der Waals surface area contributed by atoms with Gasteiger partial charge < -0.3 is 15.7 Å². The van der Waals surface area contributed by atoms with Gasteiger partial charge in [-0.1, -0.05) is 13.8 Å². The lowest BCUT2D eigenvalue weighted by molar-refractivity contribution is -0.251. The van der Waals surface area contributed by atoms with Crippen LogP contribution in [-0.4, -0.2) is 46.7 Å². The van der Waals surface area contributed by atoms with Crippen molar-refractivity contribution in [2.24, 2.45) is 17.1 Å². The van der Waals surface area contributed by atoms with Crippen LogP contribution in [0, 0.1) is 11.3 Å². The lowest BCUT2D eigenvalue weighted by Crippen LogP contribution is -2.60. The summed E-state index contributed by atoms with van der Waals surface area (Å²) in [6.07, 6.45) is -4.86. The zero-order valence-corrected chi connectivity index (χ0v) is 11.6. The van der Waals surface area contributed by atoms with Crippen LogP contribution in [0.2, 0.25) is 0 Å². The minimum atomic E-state index is -5.05. The van der Waals surface area contributed by atoms with E-state index in [0.717, 1.165) is 4.90 Å². The summed E-state index contributed by atoms with van der Waals surface area (Å²) >= 11 is 0. The second kappa shape index (κ2) is 4.91. The molecular formula is C12H19F3N2O3. The summed E-state index contributed by atoms with van der Waals surface area (Å²) in [6, 6.07) is 0. The number of rotatable bonds is 2. The van der Waals surface area contributed by atoms with Crippen LogP contribution >= 0.6 is 0 Å². The summed E-state index contributed by atoms with van der Waals surface area (Å²) in [5.74, 6) is -2.45. The number of hydrogen-bond acceptors (Lipinski definition) is 3. The van der Waals surface area contributed by atoms with E-state index in [0.29, 0.717) is 6.92 Å². The maximum atomic E-state index is 12.7. The molecule has 0 aromatic carbocycles. The van der Waals surface area contributed by atoms with Crippen LogP contribution in [0.15, 0.2) is 0 Å². The average molecular weight is 296 g/mol. The van der Waals surface area contributed by atoms with Gasteiger partial charge in [0, 0.05) is 19.0 Å². The number of amides is 2. The molecule has 116 valence electrons. The van der Waals surface area contributed by atoms with E-state index in [1.165, 1.54) is 0 Å². The van der Waals surface area contributed by atoms with Crippen molar-refractivity contribution in [1.29, 1.82) is 0 Å². The molecule has 1 fully saturated rings. The van der Waals surface area contributed by atoms with Gasteiger partial charge in [-0.25, -0.2) is 0 Å². The maximum Gasteiger partial charge on any atom is 0.426 e. The van der Waals surface area contributed by atoms with E-state index in [4.69, 9.17) is 5.73 Å². The van der Waals surface area contributed by atoms with Crippen LogP contribution in [0.4, 0.5) is 13.2 Å². The molecule has 0 spiro atoms. The SMILES string of the molecule is CC1(C)CN(C(=O)[C@@](C)(O)C(F)(F)F)CCC1C(N)=O. The number of halogens is 3. The number of nitrogens with zero attached hydrogens (tertiary/aromatic N) is 1. The Balaban J connectivity index is 2.92. The van der Waals surface area contributed by atoms with Gasteiger partial charge in [-0.15, -0.1) is 0 Å². The Labute approximate surface area is 114 Å². The molecule has 2 amide bonds. The number of primary amides is 1. The summed E-state index contributed by atoms with van der Waals surface area (Å²) in [5, 5.41) is 9.41. The highest BCUT2D eigenvalue weighted by Crippen LogP contribution is 2.38. The standard InChI is InChI=1S/C12H19F3N2O3/c1-10(2)6-17(5-4-7(10)8(16)18)9(19)11(3,20)12(13,14)15/h7,20H,4-6H2,1-3H3,(H2,16,18)/t7?,11-/m1/s1. The summed E-state index contributed by atoms with van der Waals surface area (Å²) < 4.78 is 38.0. The Morgan fingerprint density at radius 3 is 2.20 bits per heavy atom. The Kier molecular flexibility index (Phi) is 4.11. The minimum Gasteiger partial charge on any atom is -0.373 e. The van der Waals surface area contributed by atoms with Gasteiger partial charge in [0.1, 0.15) is 0 Å². The summed E-state index contributed by atoms with van der Waals surface area (Å²) in [4.78, 5) is 24.1. The second-order valence-electron chi connectivity index (χ2n) is 6.03. The van der Waals surface area contributed by atoms with E-state index in [2.05, 4.69) is 0 Å². The normalized spacial score (nSPS) is 25.9. The molecule has 0 aromatic rings. The first-order chi connectivity index (χ1) is 8.80. The average Bonchev–Trinajstić information content (AvgIpc) is 2.24. The third-order valence-corrected chi connectivity index (χ3v) is 3.83. The molecule has 8 heteroatoms. The van der Waals surface area contributed by atoms with Gasteiger partial charge in [-0.3, -0.25) is 9.59 Å². The molecule has 1 aliphatic heterocycles. The van der Waals surface area contributed by atoms with Crippen LogP contribution in [0.5, 0.6) is 0 Å². The number of alkyl halides is 3. The number of likely N-dealkylation sites (tertiary alicyclic amines) is 1. The molecule has 2 atom stereocenters. The van der Waals surface area contributed by atoms with E-state index >= 15 is 0 Å². The van der Waals surface area contributed by atoms with E-state index in [-0.39, 0.29) is 19.5 Å². The van der Waals surface area contributed by atoms with Gasteiger partial charge in [0.15, 0.2) is 0 Å². The zero-order chi connectivity index (χ0) is 15.9. The fourth-order valence-corrected chi connectivity index (χ4v) is 2.49. The molecule has 1 heterocycles. The van der Waals surface area contributed by atoms with Crippen LogP contribution in [-0.2, 0) is 9.59 Å². The van der Waals surface area contributed by atoms with Gasteiger partial charge in [-0.05, 0) is 18.8 Å². The molecule has 0 aliphatic carbocycles. The number of carbonyl (C=O) groups is 2. The number of nitrogens with two attached hydrogens (primary N) is 1. The van der Waals surface area contributed by atoms with E-state index in [9.17, 15) is 27.9 Å². The minimum absolute atomic E-state index is 0.0396. The van der Waals surface area contributed by atoms with Crippen molar-refractivity contribution in [2.75, 3.05) is 13.1 Å². The van der Waals surface area contributed by atoms with E-state index in [1.807, 2.05) is 0 Å². The molecule has 1 rings (SSSR count). The largest absolute Gasteiger partial charge is 0.426 e. The van der Waals surface area contributed by atoms with Gasteiger partial charge in [-0.2, -0.15) is 13.2 Å². The number of aliphatic hydroxyl groups is 1. The Bertz CT molecular complexity index is 419. The van der Waals surface area contributed by atoms with Gasteiger partial charge in [0.25, 0.3) is 5.91 Å². The molecule has 1 saturated heterocycles. The first kappa shape index (κ1) is 16.7. The third kappa shape index (κ3) is 2.89. The zero-order valence-electron chi connectivity index (χ0n) is 11.6. The molecular weight excluding hydrogens is 277 g/mol. The molecule has 20 heavy (non-hydrogen) atoms. The lowest BCUT2D eigenvalue weighted by Gasteiger charge is -2.44. The smallest absolute Gasteiger partial charge is 0.373 e. The summed E-state index contributed by atoms with van der Waals surface area (Å²) in [6.45, 7) is 3.64. The highest BCUT2D eigenvalue weighted by atomic mass is 19.4. The quantitative estimate of drug-likeness (QED) is 0.785. The summed E-state index contributed by atoms with van der Waals surface area (Å²) in [5.41, 5.74) is 1.09. The van der Waals surface area contributed by atoms with Crippen molar-refractivity contribution >= 4 is 11.8 Å². The maximum absolute atomic E-state index is 12.7. The van der Waals surface area contributed by atoms with Gasteiger partial charge in [0.05, 0.1) is 0 Å². The van der Waals surface area contributed by atoms with Crippen LogP contribution in [0.3, 0.4) is 0 Å². The summed E-state index contributed by atoms with van der Waals surface area (Å²) in [7, 11) is 0. The van der Waals surface area contributed by atoms with Gasteiger partial charge >= 0.3 is 6.18 Å². The Morgan fingerprint density at radius 2 is 1.85 bits per heavy atom. The van der Waals surface area contributed by atoms with Crippen molar-refractivity contribution < 1.29 is 27.9 Å². The predicted octanol–water partition coefficient (Wildman–Crippen LogP) is 0.660. The lowest BCUT2D eigenvalue weighted by atomic mass is 9.73. The number of hydrogen-bond donors (Lipinski definition) is 2. The highest BCUT2D eigenvalue weighted by Gasteiger charge is 2.58. The molecule has 0 bridgehead atoms. The molecule has 0 radical (unpaired) electrons. The second-order valence-corrected chi connectivity index (χ2v) is 6.03. The predicted molar refractivity (Wildman–Crippen MR) is 64.3 cm³/mol. The van der Waals surface area contributed by atoms with E-state index in [1.54, 1.807) is 13.8 Å².